The lowest BCUT2D eigenvalue weighted by molar-refractivity contribution is 0.0601. The van der Waals surface area contributed by atoms with Crippen molar-refractivity contribution < 1.29 is 5.11 Å². The maximum Gasteiger partial charge on any atom is 0.0586 e. The van der Waals surface area contributed by atoms with Gasteiger partial charge in [0.05, 0.1) is 6.61 Å². The first-order valence-corrected chi connectivity index (χ1v) is 7.18. The average molecular weight is 225 g/mol. The van der Waals surface area contributed by atoms with Crippen LogP contribution in [0.3, 0.4) is 0 Å². The van der Waals surface area contributed by atoms with Gasteiger partial charge in [-0.15, -0.1) is 0 Å². The number of nitrogens with zero attached hydrogens (tertiary/aromatic N) is 1. The fraction of sp³-hybridized carbons (Fsp3) is 1.00. The summed E-state index contributed by atoms with van der Waals surface area (Å²) in [5.41, 5.74) is 0. The topological polar surface area (TPSA) is 23.5 Å². The molecular weight excluding hydrogens is 198 g/mol. The van der Waals surface area contributed by atoms with Crippen molar-refractivity contribution in [3.05, 3.63) is 0 Å². The third kappa shape index (κ3) is 2.98. The summed E-state index contributed by atoms with van der Waals surface area (Å²) < 4.78 is 0. The van der Waals surface area contributed by atoms with Gasteiger partial charge in [0.25, 0.3) is 0 Å². The maximum atomic E-state index is 9.53. The third-order valence-corrected chi connectivity index (χ3v) is 4.59. The van der Waals surface area contributed by atoms with Gasteiger partial charge in [-0.2, -0.15) is 0 Å². The fourth-order valence-corrected chi connectivity index (χ4v) is 3.45. The van der Waals surface area contributed by atoms with Crippen LogP contribution in [0.15, 0.2) is 0 Å². The highest BCUT2D eigenvalue weighted by Crippen LogP contribution is 2.30. The molecule has 2 fully saturated rings. The van der Waals surface area contributed by atoms with Gasteiger partial charge in [0, 0.05) is 12.1 Å². The van der Waals surface area contributed by atoms with Gasteiger partial charge in [-0.05, 0) is 51.0 Å². The molecule has 2 aliphatic rings. The Morgan fingerprint density at radius 2 is 1.75 bits per heavy atom. The van der Waals surface area contributed by atoms with Crippen molar-refractivity contribution in [1.29, 1.82) is 0 Å². The van der Waals surface area contributed by atoms with Crippen LogP contribution in [0.1, 0.15) is 58.3 Å². The molecule has 1 saturated carbocycles. The lowest BCUT2D eigenvalue weighted by atomic mass is 9.86. The predicted octanol–water partition coefficient (Wildman–Crippen LogP) is 2.80. The average Bonchev–Trinajstić information content (AvgIpc) is 2.55. The molecule has 1 unspecified atom stereocenters. The van der Waals surface area contributed by atoms with Crippen LogP contribution < -0.4 is 0 Å². The van der Waals surface area contributed by atoms with Gasteiger partial charge in [-0.1, -0.05) is 19.8 Å². The highest BCUT2D eigenvalue weighted by atomic mass is 16.3. The highest BCUT2D eigenvalue weighted by molar-refractivity contribution is 4.84. The van der Waals surface area contributed by atoms with Gasteiger partial charge in [-0.3, -0.25) is 4.90 Å². The summed E-state index contributed by atoms with van der Waals surface area (Å²) in [4.78, 5) is 2.64. The molecule has 1 N–H and O–H groups in total. The number of hydrogen-bond acceptors (Lipinski definition) is 2. The molecule has 1 heterocycles. The van der Waals surface area contributed by atoms with E-state index in [4.69, 9.17) is 0 Å². The first kappa shape index (κ1) is 12.4. The monoisotopic (exact) mass is 225 g/mol. The number of aliphatic hydroxyl groups excluding tert-OH is 1. The van der Waals surface area contributed by atoms with Crippen LogP contribution in [0.4, 0.5) is 0 Å². The van der Waals surface area contributed by atoms with Crippen LogP contribution in [0.2, 0.25) is 0 Å². The molecule has 0 aromatic carbocycles. The normalized spacial score (nSPS) is 38.2. The van der Waals surface area contributed by atoms with Crippen LogP contribution in [0, 0.1) is 5.92 Å². The molecule has 2 heteroatoms. The van der Waals surface area contributed by atoms with Crippen LogP contribution in [-0.2, 0) is 0 Å². The van der Waals surface area contributed by atoms with E-state index >= 15 is 0 Å². The zero-order chi connectivity index (χ0) is 11.4. The van der Waals surface area contributed by atoms with Gasteiger partial charge in [-0.25, -0.2) is 0 Å². The van der Waals surface area contributed by atoms with Crippen molar-refractivity contribution >= 4 is 0 Å². The Morgan fingerprint density at radius 3 is 2.44 bits per heavy atom. The zero-order valence-corrected chi connectivity index (χ0v) is 10.7. The Balaban J connectivity index is 1.93. The van der Waals surface area contributed by atoms with Gasteiger partial charge in [0.2, 0.25) is 0 Å². The Labute approximate surface area is 100 Å². The van der Waals surface area contributed by atoms with Crippen molar-refractivity contribution in [2.24, 2.45) is 5.92 Å². The van der Waals surface area contributed by atoms with Gasteiger partial charge >= 0.3 is 0 Å². The lowest BCUT2D eigenvalue weighted by Crippen LogP contribution is -2.46. The lowest BCUT2D eigenvalue weighted by Gasteiger charge is -2.39. The van der Waals surface area contributed by atoms with Crippen LogP contribution in [0.25, 0.3) is 0 Å². The van der Waals surface area contributed by atoms with E-state index in [2.05, 4.69) is 11.8 Å². The molecule has 0 aromatic rings. The van der Waals surface area contributed by atoms with E-state index in [0.717, 1.165) is 12.0 Å². The standard InChI is InChI=1S/C14H27NO/c1-12-6-8-13(9-7-12)15-10-4-2-3-5-14(15)11-16/h12-14,16H,2-11H2,1H3. The Kier molecular flexibility index (Phi) is 4.66. The molecule has 0 aromatic heterocycles. The summed E-state index contributed by atoms with van der Waals surface area (Å²) in [5.74, 6) is 0.927. The van der Waals surface area contributed by atoms with E-state index in [0.29, 0.717) is 12.6 Å². The molecule has 2 nitrogen and oxygen atoms in total. The molecule has 0 radical (unpaired) electrons. The predicted molar refractivity (Wildman–Crippen MR) is 67.5 cm³/mol. The largest absolute Gasteiger partial charge is 0.395 e. The molecule has 1 aliphatic carbocycles. The second-order valence-corrected chi connectivity index (χ2v) is 5.84. The first-order valence-electron chi connectivity index (χ1n) is 7.18. The minimum atomic E-state index is 0.367. The minimum absolute atomic E-state index is 0.367. The second-order valence-electron chi connectivity index (χ2n) is 5.84. The van der Waals surface area contributed by atoms with E-state index in [1.165, 1.54) is 57.9 Å². The molecule has 0 bridgehead atoms. The summed E-state index contributed by atoms with van der Waals surface area (Å²) in [7, 11) is 0. The van der Waals surface area contributed by atoms with Crippen molar-refractivity contribution in [3.63, 3.8) is 0 Å². The van der Waals surface area contributed by atoms with E-state index < -0.39 is 0 Å². The molecule has 94 valence electrons. The Bertz CT molecular complexity index is 199. The van der Waals surface area contributed by atoms with Crippen LogP contribution >= 0.6 is 0 Å². The van der Waals surface area contributed by atoms with E-state index in [1.807, 2.05) is 0 Å². The summed E-state index contributed by atoms with van der Waals surface area (Å²) in [6.45, 7) is 3.97. The van der Waals surface area contributed by atoms with Crippen molar-refractivity contribution in [1.82, 2.24) is 4.90 Å². The summed E-state index contributed by atoms with van der Waals surface area (Å²) in [6, 6.07) is 1.23. The van der Waals surface area contributed by atoms with E-state index in [9.17, 15) is 5.11 Å². The van der Waals surface area contributed by atoms with Crippen molar-refractivity contribution in [2.45, 2.75) is 70.4 Å². The first-order chi connectivity index (χ1) is 7.81. The zero-order valence-electron chi connectivity index (χ0n) is 10.7. The van der Waals surface area contributed by atoms with Crippen LogP contribution in [-0.4, -0.2) is 35.2 Å². The van der Waals surface area contributed by atoms with Gasteiger partial charge in [0.15, 0.2) is 0 Å². The van der Waals surface area contributed by atoms with Crippen molar-refractivity contribution in [2.75, 3.05) is 13.2 Å². The fourth-order valence-electron chi connectivity index (χ4n) is 3.45. The number of hydrogen-bond donors (Lipinski definition) is 1. The molecular formula is C14H27NO. The molecule has 0 amide bonds. The number of rotatable bonds is 2. The summed E-state index contributed by atoms with van der Waals surface area (Å²) in [5, 5.41) is 9.53. The van der Waals surface area contributed by atoms with Crippen molar-refractivity contribution in [3.8, 4) is 0 Å². The quantitative estimate of drug-likeness (QED) is 0.781. The van der Waals surface area contributed by atoms with Gasteiger partial charge < -0.3 is 5.11 Å². The molecule has 16 heavy (non-hydrogen) atoms. The maximum absolute atomic E-state index is 9.53. The van der Waals surface area contributed by atoms with Crippen LogP contribution in [0.5, 0.6) is 0 Å². The molecule has 1 atom stereocenters. The second kappa shape index (κ2) is 6.02. The Morgan fingerprint density at radius 1 is 1.00 bits per heavy atom. The Hall–Kier alpha value is -0.0800. The van der Waals surface area contributed by atoms with Gasteiger partial charge in [0.1, 0.15) is 0 Å². The smallest absolute Gasteiger partial charge is 0.0586 e. The molecule has 2 rings (SSSR count). The third-order valence-electron chi connectivity index (χ3n) is 4.59. The summed E-state index contributed by atoms with van der Waals surface area (Å²) in [6.07, 6.45) is 10.7. The summed E-state index contributed by atoms with van der Waals surface area (Å²) >= 11 is 0. The molecule has 0 spiro atoms. The van der Waals surface area contributed by atoms with E-state index in [-0.39, 0.29) is 0 Å². The number of likely N-dealkylation sites (tertiary alicyclic amines) is 1. The number of aliphatic hydroxyl groups is 1. The van der Waals surface area contributed by atoms with E-state index in [1.54, 1.807) is 0 Å². The minimum Gasteiger partial charge on any atom is -0.395 e. The molecule has 1 saturated heterocycles. The SMILES string of the molecule is CC1CCC(N2CCCCCC2CO)CC1. The highest BCUT2D eigenvalue weighted by Gasteiger charge is 2.29. The molecule has 1 aliphatic heterocycles.